The molecule has 3 aromatic rings. The molecular formula is C40H57N7O9S. The summed E-state index contributed by atoms with van der Waals surface area (Å²) in [6.07, 6.45) is 10.5. The number of aromatic nitrogens is 3. The molecule has 1 aromatic carbocycles. The average molecular weight is 812 g/mol. The van der Waals surface area contributed by atoms with Crippen LogP contribution in [-0.2, 0) is 23.7 Å². The smallest absolute Gasteiger partial charge is 0.407 e. The minimum atomic E-state index is -0.499. The third-order valence-electron chi connectivity index (χ3n) is 8.93. The van der Waals surface area contributed by atoms with E-state index >= 15 is 0 Å². The van der Waals surface area contributed by atoms with Crippen molar-refractivity contribution in [1.29, 1.82) is 0 Å². The van der Waals surface area contributed by atoms with Crippen molar-refractivity contribution in [2.45, 2.75) is 90.7 Å². The fourth-order valence-corrected chi connectivity index (χ4v) is 6.80. The Hall–Kier alpha value is -4.71. The lowest BCUT2D eigenvalue weighted by Crippen LogP contribution is -2.38. The van der Waals surface area contributed by atoms with Gasteiger partial charge >= 0.3 is 12.1 Å². The van der Waals surface area contributed by atoms with Crippen LogP contribution in [-0.4, -0.2) is 116 Å². The number of likely N-dealkylation sites (N-methyl/N-ethyl adjacent to an activating group) is 1. The highest BCUT2D eigenvalue weighted by Crippen LogP contribution is 2.24. The van der Waals surface area contributed by atoms with E-state index in [0.717, 1.165) is 43.4 Å². The summed E-state index contributed by atoms with van der Waals surface area (Å²) in [4.78, 5) is 62.3. The zero-order valence-corrected chi connectivity index (χ0v) is 34.3. The summed E-state index contributed by atoms with van der Waals surface area (Å²) in [5.74, 6) is -0.376. The largest absolute Gasteiger partial charge is 0.461 e. The molecule has 17 heteroatoms. The average Bonchev–Trinajstić information content (AvgIpc) is 3.78. The first kappa shape index (κ1) is 45.0. The Labute approximate surface area is 338 Å². The second-order valence-electron chi connectivity index (χ2n) is 13.8. The molecule has 2 heterocycles. The van der Waals surface area contributed by atoms with E-state index in [1.165, 1.54) is 0 Å². The summed E-state index contributed by atoms with van der Waals surface area (Å²) < 4.78 is 27.2. The van der Waals surface area contributed by atoms with Crippen LogP contribution >= 0.6 is 11.3 Å². The SMILES string of the molecule is CCCOC(=O)c1sc(NC(=O)C[C@H](CCCN(C)CCOCCOCCNC(=O)O[C@@H]2CC/C=C/CCC2)NC(=O)c2cccc(-c3noc(C)n3)c2)nc1C. The van der Waals surface area contributed by atoms with Gasteiger partial charge < -0.3 is 44.3 Å². The van der Waals surface area contributed by atoms with Gasteiger partial charge in [0.25, 0.3) is 5.91 Å². The van der Waals surface area contributed by atoms with Crippen molar-refractivity contribution in [2.24, 2.45) is 0 Å². The van der Waals surface area contributed by atoms with Gasteiger partial charge in [0.05, 0.1) is 38.7 Å². The van der Waals surface area contributed by atoms with Crippen molar-refractivity contribution in [3.63, 3.8) is 0 Å². The quantitative estimate of drug-likeness (QED) is 0.0586. The van der Waals surface area contributed by atoms with Crippen LogP contribution in [0.3, 0.4) is 0 Å². The fourth-order valence-electron chi connectivity index (χ4n) is 5.93. The number of allylic oxidation sites excluding steroid dienone is 2. The van der Waals surface area contributed by atoms with Crippen LogP contribution in [0.4, 0.5) is 9.93 Å². The molecule has 312 valence electrons. The van der Waals surface area contributed by atoms with Crippen molar-refractivity contribution in [3.8, 4) is 11.4 Å². The lowest BCUT2D eigenvalue weighted by atomic mass is 10.0. The Morgan fingerprint density at radius 2 is 1.81 bits per heavy atom. The van der Waals surface area contributed by atoms with E-state index in [1.807, 2.05) is 14.0 Å². The Morgan fingerprint density at radius 3 is 2.60 bits per heavy atom. The normalized spacial score (nSPS) is 15.3. The predicted octanol–water partition coefficient (Wildman–Crippen LogP) is 5.86. The summed E-state index contributed by atoms with van der Waals surface area (Å²) in [6, 6.07) is 6.39. The minimum absolute atomic E-state index is 0.00836. The van der Waals surface area contributed by atoms with Gasteiger partial charge in [0.15, 0.2) is 5.13 Å². The van der Waals surface area contributed by atoms with E-state index in [-0.39, 0.29) is 29.5 Å². The number of hydrogen-bond donors (Lipinski definition) is 3. The Morgan fingerprint density at radius 1 is 1.00 bits per heavy atom. The number of carbonyl (C=O) groups excluding carboxylic acids is 4. The Bertz CT molecular complexity index is 1750. The molecule has 0 aliphatic heterocycles. The van der Waals surface area contributed by atoms with Crippen LogP contribution in [0.25, 0.3) is 11.4 Å². The molecule has 0 bridgehead atoms. The van der Waals surface area contributed by atoms with Gasteiger partial charge in [-0.1, -0.05) is 47.7 Å². The predicted molar refractivity (Wildman–Crippen MR) is 215 cm³/mol. The summed E-state index contributed by atoms with van der Waals surface area (Å²) in [7, 11) is 1.98. The second kappa shape index (κ2) is 24.8. The maximum Gasteiger partial charge on any atom is 0.407 e. The van der Waals surface area contributed by atoms with Crippen LogP contribution in [0.2, 0.25) is 0 Å². The second-order valence-corrected chi connectivity index (χ2v) is 14.8. The molecule has 0 fully saturated rings. The highest BCUT2D eigenvalue weighted by atomic mass is 32.1. The number of alkyl carbamates (subject to hydrolysis) is 1. The van der Waals surface area contributed by atoms with E-state index < -0.39 is 18.1 Å². The third kappa shape index (κ3) is 16.7. The molecule has 0 unspecified atom stereocenters. The van der Waals surface area contributed by atoms with Gasteiger partial charge in [0.1, 0.15) is 11.0 Å². The first-order chi connectivity index (χ1) is 27.6. The molecule has 0 saturated carbocycles. The highest BCUT2D eigenvalue weighted by molar-refractivity contribution is 7.17. The Balaban J connectivity index is 1.18. The van der Waals surface area contributed by atoms with Crippen LogP contribution < -0.4 is 16.0 Å². The third-order valence-corrected chi connectivity index (χ3v) is 9.99. The van der Waals surface area contributed by atoms with E-state index in [9.17, 15) is 19.2 Å². The van der Waals surface area contributed by atoms with Crippen LogP contribution in [0.5, 0.6) is 0 Å². The van der Waals surface area contributed by atoms with Gasteiger partial charge in [-0.25, -0.2) is 14.6 Å². The molecule has 57 heavy (non-hydrogen) atoms. The molecule has 3 amide bonds. The number of hydrogen-bond acceptors (Lipinski definition) is 14. The molecule has 0 radical (unpaired) electrons. The zero-order chi connectivity index (χ0) is 40.8. The number of amides is 3. The molecule has 1 aliphatic rings. The fraction of sp³-hybridized carbons (Fsp3) is 0.575. The lowest BCUT2D eigenvalue weighted by molar-refractivity contribution is -0.116. The van der Waals surface area contributed by atoms with Gasteiger partial charge in [-0.3, -0.25) is 9.59 Å². The minimum Gasteiger partial charge on any atom is -0.461 e. The van der Waals surface area contributed by atoms with Crippen molar-refractivity contribution < 1.29 is 42.6 Å². The van der Waals surface area contributed by atoms with Crippen molar-refractivity contribution in [2.75, 3.05) is 65.0 Å². The molecule has 4 rings (SSSR count). The molecule has 16 nitrogen and oxygen atoms in total. The highest BCUT2D eigenvalue weighted by Gasteiger charge is 2.22. The number of thiazole rings is 1. The molecule has 0 saturated heterocycles. The van der Waals surface area contributed by atoms with E-state index in [4.69, 9.17) is 23.5 Å². The molecule has 2 atom stereocenters. The summed E-state index contributed by atoms with van der Waals surface area (Å²) in [6.45, 7) is 9.03. The molecule has 0 spiro atoms. The Kier molecular flexibility index (Phi) is 19.6. The molecule has 1 aliphatic carbocycles. The summed E-state index contributed by atoms with van der Waals surface area (Å²) in [5.41, 5.74) is 1.49. The number of rotatable bonds is 23. The lowest BCUT2D eigenvalue weighted by Gasteiger charge is -2.21. The van der Waals surface area contributed by atoms with Gasteiger partial charge in [-0.2, -0.15) is 4.98 Å². The number of carbonyl (C=O) groups is 4. The van der Waals surface area contributed by atoms with Gasteiger partial charge in [0, 0.05) is 43.6 Å². The number of aryl methyl sites for hydroxylation is 2. The van der Waals surface area contributed by atoms with Crippen LogP contribution in [0, 0.1) is 13.8 Å². The van der Waals surface area contributed by atoms with Gasteiger partial charge in [-0.05, 0) is 84.0 Å². The van der Waals surface area contributed by atoms with Gasteiger partial charge in [0.2, 0.25) is 17.6 Å². The first-order valence-corrected chi connectivity index (χ1v) is 20.5. The first-order valence-electron chi connectivity index (χ1n) is 19.7. The van der Waals surface area contributed by atoms with Crippen molar-refractivity contribution in [1.82, 2.24) is 30.7 Å². The number of nitrogens with zero attached hydrogens (tertiary/aromatic N) is 4. The molecular weight excluding hydrogens is 755 g/mol. The summed E-state index contributed by atoms with van der Waals surface area (Å²) >= 11 is 1.06. The van der Waals surface area contributed by atoms with E-state index in [2.05, 4.69) is 48.1 Å². The maximum absolute atomic E-state index is 13.5. The summed E-state index contributed by atoms with van der Waals surface area (Å²) in [5, 5.41) is 12.8. The van der Waals surface area contributed by atoms with E-state index in [1.54, 1.807) is 38.1 Å². The number of anilines is 1. The van der Waals surface area contributed by atoms with Crippen LogP contribution in [0.15, 0.2) is 40.9 Å². The molecule has 3 N–H and O–H groups in total. The number of ether oxygens (including phenoxy) is 4. The number of benzene rings is 1. The number of nitrogens with one attached hydrogen (secondary N) is 3. The maximum atomic E-state index is 13.5. The zero-order valence-electron chi connectivity index (χ0n) is 33.5. The molecule has 2 aromatic heterocycles. The topological polar surface area (TPSA) is 196 Å². The van der Waals surface area contributed by atoms with Crippen molar-refractivity contribution >= 4 is 40.3 Å². The monoisotopic (exact) mass is 811 g/mol. The number of esters is 1. The van der Waals surface area contributed by atoms with E-state index in [0.29, 0.717) is 105 Å². The van der Waals surface area contributed by atoms with Gasteiger partial charge in [-0.15, -0.1) is 0 Å². The standard InChI is InChI=1S/C40H57N7O9S/c1-5-21-54-38(50)35-28(2)42-39(57-35)45-34(48)27-32(44-37(49)31-14-11-13-30(26-31)36-43-29(3)56-46-36)15-12-19-47(4)20-23-53-25-24-52-22-18-41-40(51)55-33-16-9-7-6-8-10-17-33/h6-7,11,13-14,26,32-33H,5,8-10,12,15-25,27H2,1-4H3,(H,41,51)(H,44,49)(H,42,45,48)/b7-6+/t32-,33+/m0/s1. The van der Waals surface area contributed by atoms with Crippen molar-refractivity contribution in [3.05, 3.63) is 58.4 Å². The van der Waals surface area contributed by atoms with Crippen LogP contribution in [0.1, 0.15) is 96.3 Å².